The van der Waals surface area contributed by atoms with E-state index in [-0.39, 0.29) is 0 Å². The normalized spacial score (nSPS) is 13.0. The van der Waals surface area contributed by atoms with Crippen molar-refractivity contribution in [2.45, 2.75) is 32.6 Å². The molecule has 0 N–H and O–H groups in total. The molecule has 0 atom stereocenters. The van der Waals surface area contributed by atoms with Crippen LogP contribution in [-0.4, -0.2) is 0 Å². The predicted octanol–water partition coefficient (Wildman–Crippen LogP) is 5.53. The summed E-state index contributed by atoms with van der Waals surface area (Å²) in [5, 5.41) is 0. The van der Waals surface area contributed by atoms with Crippen LogP contribution in [0.3, 0.4) is 0 Å². The molecule has 0 heteroatoms. The molecular weight excluding hydrogens is 204 g/mol. The summed E-state index contributed by atoms with van der Waals surface area (Å²) >= 11 is 0. The molecule has 17 heavy (non-hydrogen) atoms. The minimum Gasteiger partial charge on any atom is -0.0991 e. The van der Waals surface area contributed by atoms with Gasteiger partial charge in [-0.1, -0.05) is 93.2 Å². The average molecular weight is 228 g/mol. The highest BCUT2D eigenvalue weighted by Gasteiger charge is 1.79. The summed E-state index contributed by atoms with van der Waals surface area (Å²) in [5.74, 6) is 0. The highest BCUT2D eigenvalue weighted by Crippen LogP contribution is 1.99. The third kappa shape index (κ3) is 14.4. The Morgan fingerprint density at radius 1 is 0.706 bits per heavy atom. The third-order valence-electron chi connectivity index (χ3n) is 2.14. The highest BCUT2D eigenvalue weighted by atomic mass is 13.9. The summed E-state index contributed by atoms with van der Waals surface area (Å²) in [5.41, 5.74) is 0. The maximum Gasteiger partial charge on any atom is -0.0348 e. The minimum absolute atomic E-state index is 1.19. The molecule has 0 bridgehead atoms. The Morgan fingerprint density at radius 3 is 1.76 bits per heavy atom. The fraction of sp³-hybridized carbons (Fsp3) is 0.294. The van der Waals surface area contributed by atoms with E-state index in [2.05, 4.69) is 31.7 Å². The molecule has 0 saturated carbocycles. The summed E-state index contributed by atoms with van der Waals surface area (Å²) in [4.78, 5) is 0. The van der Waals surface area contributed by atoms with Crippen LogP contribution in [0.2, 0.25) is 0 Å². The Labute approximate surface area is 106 Å². The molecule has 0 aromatic carbocycles. The lowest BCUT2D eigenvalue weighted by Crippen LogP contribution is -1.69. The van der Waals surface area contributed by atoms with Gasteiger partial charge < -0.3 is 0 Å². The summed E-state index contributed by atoms with van der Waals surface area (Å²) in [6.07, 6.45) is 27.2. The lowest BCUT2D eigenvalue weighted by Gasteiger charge is -1.89. The van der Waals surface area contributed by atoms with E-state index >= 15 is 0 Å². The van der Waals surface area contributed by atoms with Gasteiger partial charge in [-0.05, 0) is 12.8 Å². The molecule has 0 nitrogen and oxygen atoms in total. The first-order valence-corrected chi connectivity index (χ1v) is 6.36. The van der Waals surface area contributed by atoms with Crippen molar-refractivity contribution in [2.24, 2.45) is 0 Å². The molecule has 0 fully saturated rings. The Kier molecular flexibility index (Phi) is 13.1. The van der Waals surface area contributed by atoms with E-state index in [4.69, 9.17) is 0 Å². The van der Waals surface area contributed by atoms with E-state index < -0.39 is 0 Å². The van der Waals surface area contributed by atoms with Crippen LogP contribution >= 0.6 is 0 Å². The molecule has 0 heterocycles. The SMILES string of the molecule is C=C/C=C/C=C/C=C/C=C/C=C/CCCCC. The fourth-order valence-electron chi connectivity index (χ4n) is 1.21. The van der Waals surface area contributed by atoms with Crippen LogP contribution in [0.5, 0.6) is 0 Å². The van der Waals surface area contributed by atoms with E-state index in [9.17, 15) is 0 Å². The van der Waals surface area contributed by atoms with E-state index in [1.807, 2.05) is 42.5 Å². The summed E-state index contributed by atoms with van der Waals surface area (Å²) in [6, 6.07) is 0. The van der Waals surface area contributed by atoms with Gasteiger partial charge in [0.1, 0.15) is 0 Å². The van der Waals surface area contributed by atoms with Crippen LogP contribution in [0.15, 0.2) is 73.4 Å². The second-order valence-corrected chi connectivity index (χ2v) is 3.70. The summed E-state index contributed by atoms with van der Waals surface area (Å²) in [6.45, 7) is 5.83. The minimum atomic E-state index is 1.19. The number of rotatable bonds is 9. The number of unbranched alkanes of at least 4 members (excludes halogenated alkanes) is 3. The lowest BCUT2D eigenvalue weighted by atomic mass is 10.2. The van der Waals surface area contributed by atoms with E-state index in [0.717, 1.165) is 0 Å². The molecule has 0 aromatic heterocycles. The van der Waals surface area contributed by atoms with E-state index in [1.165, 1.54) is 25.7 Å². The fourth-order valence-corrected chi connectivity index (χ4v) is 1.21. The maximum absolute atomic E-state index is 3.60. The van der Waals surface area contributed by atoms with Crippen LogP contribution in [0.4, 0.5) is 0 Å². The summed E-state index contributed by atoms with van der Waals surface area (Å²) in [7, 11) is 0. The Hall–Kier alpha value is -1.56. The molecule has 0 aliphatic carbocycles. The molecule has 0 unspecified atom stereocenters. The van der Waals surface area contributed by atoms with Crippen molar-refractivity contribution in [3.8, 4) is 0 Å². The molecule has 0 rings (SSSR count). The van der Waals surface area contributed by atoms with Gasteiger partial charge in [-0.3, -0.25) is 0 Å². The molecule has 0 radical (unpaired) electrons. The zero-order valence-electron chi connectivity index (χ0n) is 10.9. The number of allylic oxidation sites excluding steroid dienone is 11. The average Bonchev–Trinajstić information content (AvgIpc) is 2.35. The zero-order chi connectivity index (χ0) is 12.6. The highest BCUT2D eigenvalue weighted by molar-refractivity contribution is 5.18. The molecular formula is C17H24. The standard InChI is InChI=1S/C17H24/c1-3-5-7-9-11-13-15-17-16-14-12-10-8-6-4-2/h3,5,7,9,11-17H,1,4,6,8,10H2,2H3/b7-5+,11-9+,14-12+,15-13+,17-16+. The van der Waals surface area contributed by atoms with Gasteiger partial charge in [-0.2, -0.15) is 0 Å². The Bertz CT molecular complexity index is 298. The van der Waals surface area contributed by atoms with Gasteiger partial charge in [-0.25, -0.2) is 0 Å². The Morgan fingerprint density at radius 2 is 1.24 bits per heavy atom. The molecule has 0 spiro atoms. The first kappa shape index (κ1) is 15.4. The molecule has 0 amide bonds. The van der Waals surface area contributed by atoms with Crippen molar-refractivity contribution in [3.63, 3.8) is 0 Å². The van der Waals surface area contributed by atoms with Gasteiger partial charge >= 0.3 is 0 Å². The zero-order valence-corrected chi connectivity index (χ0v) is 10.9. The molecule has 92 valence electrons. The van der Waals surface area contributed by atoms with Crippen LogP contribution < -0.4 is 0 Å². The predicted molar refractivity (Wildman–Crippen MR) is 80.0 cm³/mol. The van der Waals surface area contributed by atoms with Gasteiger partial charge in [0.15, 0.2) is 0 Å². The summed E-state index contributed by atoms with van der Waals surface area (Å²) < 4.78 is 0. The van der Waals surface area contributed by atoms with Gasteiger partial charge in [0.2, 0.25) is 0 Å². The monoisotopic (exact) mass is 228 g/mol. The van der Waals surface area contributed by atoms with E-state index in [1.54, 1.807) is 6.08 Å². The molecule has 0 aromatic rings. The van der Waals surface area contributed by atoms with Crippen LogP contribution in [0.25, 0.3) is 0 Å². The number of hydrogen-bond donors (Lipinski definition) is 0. The van der Waals surface area contributed by atoms with Crippen molar-refractivity contribution >= 4 is 0 Å². The molecule has 0 aliphatic rings. The van der Waals surface area contributed by atoms with Crippen molar-refractivity contribution in [1.82, 2.24) is 0 Å². The lowest BCUT2D eigenvalue weighted by molar-refractivity contribution is 0.729. The second-order valence-electron chi connectivity index (χ2n) is 3.70. The van der Waals surface area contributed by atoms with Crippen molar-refractivity contribution < 1.29 is 0 Å². The first-order valence-electron chi connectivity index (χ1n) is 6.36. The van der Waals surface area contributed by atoms with E-state index in [0.29, 0.717) is 0 Å². The molecule has 0 saturated heterocycles. The first-order chi connectivity index (χ1) is 8.41. The van der Waals surface area contributed by atoms with Gasteiger partial charge in [0.25, 0.3) is 0 Å². The largest absolute Gasteiger partial charge is 0.0991 e. The van der Waals surface area contributed by atoms with Crippen molar-refractivity contribution in [3.05, 3.63) is 73.4 Å². The van der Waals surface area contributed by atoms with Gasteiger partial charge in [-0.15, -0.1) is 0 Å². The topological polar surface area (TPSA) is 0 Å². The van der Waals surface area contributed by atoms with Gasteiger partial charge in [0.05, 0.1) is 0 Å². The van der Waals surface area contributed by atoms with Crippen molar-refractivity contribution in [2.75, 3.05) is 0 Å². The van der Waals surface area contributed by atoms with Gasteiger partial charge in [0, 0.05) is 0 Å². The van der Waals surface area contributed by atoms with Crippen LogP contribution in [0.1, 0.15) is 32.6 Å². The third-order valence-corrected chi connectivity index (χ3v) is 2.14. The Balaban J connectivity index is 3.58. The van der Waals surface area contributed by atoms with Crippen LogP contribution in [-0.2, 0) is 0 Å². The van der Waals surface area contributed by atoms with Crippen molar-refractivity contribution in [1.29, 1.82) is 0 Å². The van der Waals surface area contributed by atoms with Crippen LogP contribution in [0, 0.1) is 0 Å². The second kappa shape index (κ2) is 14.4. The quantitative estimate of drug-likeness (QED) is 0.359. The number of hydrogen-bond acceptors (Lipinski definition) is 0. The molecule has 0 aliphatic heterocycles. The maximum atomic E-state index is 3.60. The smallest absolute Gasteiger partial charge is 0.0348 e.